The van der Waals surface area contributed by atoms with Crippen molar-refractivity contribution in [2.75, 3.05) is 18.4 Å². The maximum absolute atomic E-state index is 12.4. The Bertz CT molecular complexity index is 594. The molecule has 1 aliphatic heterocycles. The van der Waals surface area contributed by atoms with Crippen LogP contribution in [0, 0.1) is 28.4 Å². The Kier molecular flexibility index (Phi) is 3.41. The van der Waals surface area contributed by atoms with E-state index in [0.29, 0.717) is 11.3 Å². The molecule has 2 aliphatic rings. The third-order valence-corrected chi connectivity index (χ3v) is 4.87. The highest BCUT2D eigenvalue weighted by atomic mass is 16.6. The van der Waals surface area contributed by atoms with Gasteiger partial charge in [0, 0.05) is 12.0 Å². The Balaban J connectivity index is 1.72. The number of amides is 1. The number of piperidine rings is 1. The number of carbonyl (C=O) groups excluding carboxylic acids is 1. The van der Waals surface area contributed by atoms with Gasteiger partial charge in [0.2, 0.25) is 5.91 Å². The standard InChI is InChI=1S/C15H19N3O3/c1-10-12(3-2-4-13(10)18(20)21)17-14(19)11-9-15(11)5-7-16-8-6-15/h2-4,11,16H,5-9H2,1H3,(H,17,19). The van der Waals surface area contributed by atoms with E-state index in [9.17, 15) is 14.9 Å². The maximum atomic E-state index is 12.4. The summed E-state index contributed by atoms with van der Waals surface area (Å²) >= 11 is 0. The molecule has 1 saturated carbocycles. The fraction of sp³-hybridized carbons (Fsp3) is 0.533. The molecule has 1 heterocycles. The van der Waals surface area contributed by atoms with Crippen molar-refractivity contribution in [1.29, 1.82) is 0 Å². The molecular formula is C15H19N3O3. The smallest absolute Gasteiger partial charge is 0.274 e. The van der Waals surface area contributed by atoms with Crippen molar-refractivity contribution in [1.82, 2.24) is 5.32 Å². The van der Waals surface area contributed by atoms with E-state index in [1.54, 1.807) is 19.1 Å². The average molecular weight is 289 g/mol. The third kappa shape index (κ3) is 2.51. The first-order valence-corrected chi connectivity index (χ1v) is 7.29. The first-order valence-electron chi connectivity index (χ1n) is 7.29. The molecule has 0 bridgehead atoms. The normalized spacial score (nSPS) is 22.8. The van der Waals surface area contributed by atoms with Crippen LogP contribution in [0.3, 0.4) is 0 Å². The van der Waals surface area contributed by atoms with Crippen molar-refractivity contribution in [3.63, 3.8) is 0 Å². The summed E-state index contributed by atoms with van der Waals surface area (Å²) in [6, 6.07) is 4.78. The molecule has 0 aromatic heterocycles. The van der Waals surface area contributed by atoms with E-state index in [4.69, 9.17) is 0 Å². The fourth-order valence-corrected chi connectivity index (χ4v) is 3.37. The van der Waals surface area contributed by atoms with Crippen molar-refractivity contribution in [3.05, 3.63) is 33.9 Å². The van der Waals surface area contributed by atoms with Crippen molar-refractivity contribution in [2.24, 2.45) is 11.3 Å². The zero-order chi connectivity index (χ0) is 15.0. The molecule has 21 heavy (non-hydrogen) atoms. The number of hydrogen-bond acceptors (Lipinski definition) is 4. The predicted octanol–water partition coefficient (Wildman–Crippen LogP) is 2.23. The number of carbonyl (C=O) groups is 1. The SMILES string of the molecule is Cc1c(NC(=O)C2CC23CCNCC3)cccc1[N+](=O)[O-]. The first-order chi connectivity index (χ1) is 10.0. The molecule has 1 aromatic carbocycles. The van der Waals surface area contributed by atoms with Crippen LogP contribution in [-0.2, 0) is 4.79 Å². The Labute approximate surface area is 123 Å². The second kappa shape index (κ2) is 5.11. The van der Waals surface area contributed by atoms with Gasteiger partial charge in [0.05, 0.1) is 16.2 Å². The van der Waals surface area contributed by atoms with Gasteiger partial charge in [-0.3, -0.25) is 14.9 Å². The van der Waals surface area contributed by atoms with Gasteiger partial charge < -0.3 is 10.6 Å². The van der Waals surface area contributed by atoms with Crippen LogP contribution in [0.1, 0.15) is 24.8 Å². The second-order valence-electron chi connectivity index (χ2n) is 6.07. The van der Waals surface area contributed by atoms with E-state index in [1.165, 1.54) is 6.07 Å². The largest absolute Gasteiger partial charge is 0.325 e. The van der Waals surface area contributed by atoms with Gasteiger partial charge in [-0.15, -0.1) is 0 Å². The Morgan fingerprint density at radius 3 is 2.81 bits per heavy atom. The molecule has 1 saturated heterocycles. The Morgan fingerprint density at radius 1 is 1.43 bits per heavy atom. The minimum Gasteiger partial charge on any atom is -0.325 e. The highest BCUT2D eigenvalue weighted by molar-refractivity contribution is 5.96. The quantitative estimate of drug-likeness (QED) is 0.660. The van der Waals surface area contributed by atoms with Crippen molar-refractivity contribution < 1.29 is 9.72 Å². The fourth-order valence-electron chi connectivity index (χ4n) is 3.37. The summed E-state index contributed by atoms with van der Waals surface area (Å²) in [5.41, 5.74) is 1.27. The summed E-state index contributed by atoms with van der Waals surface area (Å²) in [6.45, 7) is 3.61. The minimum atomic E-state index is -0.420. The second-order valence-corrected chi connectivity index (χ2v) is 6.07. The van der Waals surface area contributed by atoms with Crippen LogP contribution in [0.25, 0.3) is 0 Å². The van der Waals surface area contributed by atoms with E-state index in [-0.39, 0.29) is 22.9 Å². The Hall–Kier alpha value is -1.95. The number of nitrogens with one attached hydrogen (secondary N) is 2. The van der Waals surface area contributed by atoms with E-state index in [0.717, 1.165) is 32.4 Å². The molecule has 1 amide bonds. The van der Waals surface area contributed by atoms with Crippen LogP contribution >= 0.6 is 0 Å². The molecule has 3 rings (SSSR count). The van der Waals surface area contributed by atoms with Crippen LogP contribution in [0.4, 0.5) is 11.4 Å². The summed E-state index contributed by atoms with van der Waals surface area (Å²) < 4.78 is 0. The third-order valence-electron chi connectivity index (χ3n) is 4.87. The van der Waals surface area contributed by atoms with Gasteiger partial charge in [-0.2, -0.15) is 0 Å². The van der Waals surface area contributed by atoms with Crippen LogP contribution in [0.2, 0.25) is 0 Å². The molecule has 1 aliphatic carbocycles. The van der Waals surface area contributed by atoms with E-state index in [1.807, 2.05) is 0 Å². The lowest BCUT2D eigenvalue weighted by Crippen LogP contribution is -2.31. The van der Waals surface area contributed by atoms with E-state index >= 15 is 0 Å². The summed E-state index contributed by atoms with van der Waals surface area (Å²) in [6.07, 6.45) is 3.02. The number of rotatable bonds is 3. The zero-order valence-electron chi connectivity index (χ0n) is 12.0. The first kappa shape index (κ1) is 14.0. The monoisotopic (exact) mass is 289 g/mol. The molecule has 6 nitrogen and oxygen atoms in total. The molecule has 1 spiro atoms. The number of nitro groups is 1. The van der Waals surface area contributed by atoms with Crippen LogP contribution < -0.4 is 10.6 Å². The molecule has 0 radical (unpaired) electrons. The number of anilines is 1. The number of benzene rings is 1. The van der Waals surface area contributed by atoms with Gasteiger partial charge in [0.1, 0.15) is 0 Å². The van der Waals surface area contributed by atoms with Gasteiger partial charge in [-0.05, 0) is 50.8 Å². The lowest BCUT2D eigenvalue weighted by molar-refractivity contribution is -0.385. The van der Waals surface area contributed by atoms with Gasteiger partial charge in [0.15, 0.2) is 0 Å². The summed E-state index contributed by atoms with van der Waals surface area (Å²) in [5, 5.41) is 17.1. The highest BCUT2D eigenvalue weighted by Crippen LogP contribution is 2.58. The molecule has 112 valence electrons. The van der Waals surface area contributed by atoms with Gasteiger partial charge in [-0.1, -0.05) is 6.07 Å². The van der Waals surface area contributed by atoms with Gasteiger partial charge in [-0.25, -0.2) is 0 Å². The van der Waals surface area contributed by atoms with Crippen molar-refractivity contribution >= 4 is 17.3 Å². The highest BCUT2D eigenvalue weighted by Gasteiger charge is 2.57. The van der Waals surface area contributed by atoms with Crippen LogP contribution in [0.15, 0.2) is 18.2 Å². The maximum Gasteiger partial charge on any atom is 0.274 e. The van der Waals surface area contributed by atoms with Crippen molar-refractivity contribution in [2.45, 2.75) is 26.2 Å². The molecular weight excluding hydrogens is 270 g/mol. The van der Waals surface area contributed by atoms with E-state index in [2.05, 4.69) is 10.6 Å². The zero-order valence-corrected chi connectivity index (χ0v) is 12.0. The summed E-state index contributed by atoms with van der Waals surface area (Å²) in [4.78, 5) is 22.9. The van der Waals surface area contributed by atoms with Gasteiger partial charge in [0.25, 0.3) is 5.69 Å². The number of nitro benzene ring substituents is 1. The van der Waals surface area contributed by atoms with Gasteiger partial charge >= 0.3 is 0 Å². The molecule has 2 fully saturated rings. The topological polar surface area (TPSA) is 84.3 Å². The molecule has 6 heteroatoms. The molecule has 1 unspecified atom stereocenters. The van der Waals surface area contributed by atoms with Crippen molar-refractivity contribution in [3.8, 4) is 0 Å². The van der Waals surface area contributed by atoms with Crippen LogP contribution in [-0.4, -0.2) is 23.9 Å². The minimum absolute atomic E-state index is 0.000461. The predicted molar refractivity (Wildman–Crippen MR) is 79.1 cm³/mol. The number of hydrogen-bond donors (Lipinski definition) is 2. The van der Waals surface area contributed by atoms with E-state index < -0.39 is 4.92 Å². The molecule has 2 N–H and O–H groups in total. The molecule has 1 aromatic rings. The lowest BCUT2D eigenvalue weighted by atomic mass is 9.91. The lowest BCUT2D eigenvalue weighted by Gasteiger charge is -2.23. The number of nitrogens with zero attached hydrogens (tertiary/aromatic N) is 1. The Morgan fingerprint density at radius 2 is 2.14 bits per heavy atom. The molecule has 1 atom stereocenters. The average Bonchev–Trinajstić information content (AvgIpc) is 3.15. The van der Waals surface area contributed by atoms with Crippen LogP contribution in [0.5, 0.6) is 0 Å². The summed E-state index contributed by atoms with van der Waals surface area (Å²) in [5.74, 6) is 0.0544. The summed E-state index contributed by atoms with van der Waals surface area (Å²) in [7, 11) is 0.